The highest BCUT2D eigenvalue weighted by molar-refractivity contribution is 5.96. The molecule has 194 valence electrons. The summed E-state index contributed by atoms with van der Waals surface area (Å²) in [6, 6.07) is 23.3. The van der Waals surface area contributed by atoms with Gasteiger partial charge in [-0.1, -0.05) is 63.2 Å². The van der Waals surface area contributed by atoms with Gasteiger partial charge in [-0.25, -0.2) is 0 Å². The van der Waals surface area contributed by atoms with Gasteiger partial charge in [0, 0.05) is 18.4 Å². The summed E-state index contributed by atoms with van der Waals surface area (Å²) in [7, 11) is 0. The minimum absolute atomic E-state index is 0.105. The van der Waals surface area contributed by atoms with E-state index in [1.165, 1.54) is 16.0 Å². The highest BCUT2D eigenvalue weighted by Crippen LogP contribution is 2.38. The van der Waals surface area contributed by atoms with Gasteiger partial charge in [0.1, 0.15) is 30.3 Å². The van der Waals surface area contributed by atoms with Crippen molar-refractivity contribution in [3.8, 4) is 11.5 Å². The lowest BCUT2D eigenvalue weighted by Crippen LogP contribution is -2.38. The van der Waals surface area contributed by atoms with Crippen molar-refractivity contribution in [2.45, 2.75) is 51.6 Å². The molecule has 0 radical (unpaired) electrons. The predicted molar refractivity (Wildman–Crippen MR) is 144 cm³/mol. The number of carboxylic acid groups (broad SMARTS) is 1. The molecule has 1 aliphatic rings. The highest BCUT2D eigenvalue weighted by atomic mass is 16.5. The Morgan fingerprint density at radius 1 is 1.03 bits per heavy atom. The summed E-state index contributed by atoms with van der Waals surface area (Å²) >= 11 is 0. The van der Waals surface area contributed by atoms with E-state index in [1.807, 2.05) is 42.5 Å². The van der Waals surface area contributed by atoms with Crippen LogP contribution in [-0.4, -0.2) is 47.2 Å². The number of hydrogen-bond donors (Lipinski definition) is 1. The van der Waals surface area contributed by atoms with Crippen LogP contribution in [0.5, 0.6) is 11.5 Å². The molecule has 1 heterocycles. The van der Waals surface area contributed by atoms with Crippen LogP contribution >= 0.6 is 0 Å². The van der Waals surface area contributed by atoms with Crippen LogP contribution in [0.3, 0.4) is 0 Å². The van der Waals surface area contributed by atoms with Gasteiger partial charge in [0.25, 0.3) is 5.91 Å². The molecule has 4 rings (SSSR count). The van der Waals surface area contributed by atoms with Crippen molar-refractivity contribution in [3.63, 3.8) is 0 Å². The Labute approximate surface area is 218 Å². The summed E-state index contributed by atoms with van der Waals surface area (Å²) in [5, 5.41) is 9.37. The molecule has 6 heteroatoms. The Morgan fingerprint density at radius 2 is 1.73 bits per heavy atom. The molecule has 3 aromatic carbocycles. The molecule has 0 fully saturated rings. The van der Waals surface area contributed by atoms with Gasteiger partial charge in [-0.3, -0.25) is 9.59 Å². The first-order valence-electron chi connectivity index (χ1n) is 12.6. The van der Waals surface area contributed by atoms with Gasteiger partial charge in [-0.05, 0) is 59.4 Å². The fraction of sp³-hybridized carbons (Fsp3) is 0.355. The van der Waals surface area contributed by atoms with Crippen molar-refractivity contribution in [1.29, 1.82) is 0 Å². The van der Waals surface area contributed by atoms with E-state index in [0.29, 0.717) is 17.7 Å². The minimum atomic E-state index is -1.07. The van der Waals surface area contributed by atoms with E-state index in [4.69, 9.17) is 9.47 Å². The molecule has 37 heavy (non-hydrogen) atoms. The maximum Gasteiger partial charge on any atom is 0.323 e. The SMILES string of the molecule is CC1(Cc2ccc(C(C)(C)C)cc2)Cc2cc(C(=O)N(CCOc3ccccc3)CC(=O)O)ccc2O1. The Morgan fingerprint density at radius 3 is 2.38 bits per heavy atom. The molecule has 1 unspecified atom stereocenters. The Kier molecular flexibility index (Phi) is 7.58. The van der Waals surface area contributed by atoms with Crippen LogP contribution in [0, 0.1) is 0 Å². The van der Waals surface area contributed by atoms with Gasteiger partial charge in [0.05, 0.1) is 6.54 Å². The van der Waals surface area contributed by atoms with Gasteiger partial charge in [0.2, 0.25) is 0 Å². The van der Waals surface area contributed by atoms with Crippen LogP contribution in [0.15, 0.2) is 72.8 Å². The molecule has 0 saturated carbocycles. The molecule has 1 atom stereocenters. The van der Waals surface area contributed by atoms with Crippen molar-refractivity contribution < 1.29 is 24.2 Å². The number of rotatable bonds is 9. The van der Waals surface area contributed by atoms with Crippen molar-refractivity contribution in [1.82, 2.24) is 4.90 Å². The summed E-state index contributed by atoms with van der Waals surface area (Å²) in [5.41, 5.74) is 3.58. The van der Waals surface area contributed by atoms with Crippen molar-refractivity contribution in [2.75, 3.05) is 19.7 Å². The van der Waals surface area contributed by atoms with E-state index in [2.05, 4.69) is 52.0 Å². The Bertz CT molecular complexity index is 1250. The summed E-state index contributed by atoms with van der Waals surface area (Å²) in [5.74, 6) is 0.0330. The number of carbonyl (C=O) groups is 2. The second-order valence-corrected chi connectivity index (χ2v) is 11.0. The first kappa shape index (κ1) is 26.3. The quantitative estimate of drug-likeness (QED) is 0.417. The number of carboxylic acids is 1. The van der Waals surface area contributed by atoms with E-state index >= 15 is 0 Å². The van der Waals surface area contributed by atoms with E-state index in [0.717, 1.165) is 17.7 Å². The zero-order valence-corrected chi connectivity index (χ0v) is 22.0. The van der Waals surface area contributed by atoms with Crippen LogP contribution in [0.2, 0.25) is 0 Å². The van der Waals surface area contributed by atoms with E-state index in [1.54, 1.807) is 6.07 Å². The molecule has 0 spiro atoms. The molecule has 0 aliphatic carbocycles. The summed E-state index contributed by atoms with van der Waals surface area (Å²) in [6.07, 6.45) is 1.41. The number of aliphatic carboxylic acids is 1. The van der Waals surface area contributed by atoms with Gasteiger partial charge < -0.3 is 19.5 Å². The smallest absolute Gasteiger partial charge is 0.323 e. The number of ether oxygens (including phenoxy) is 2. The first-order chi connectivity index (χ1) is 17.5. The Balaban J connectivity index is 1.43. The number of amides is 1. The molecule has 1 amide bonds. The molecule has 0 bridgehead atoms. The van der Waals surface area contributed by atoms with Gasteiger partial charge >= 0.3 is 5.97 Å². The van der Waals surface area contributed by atoms with Crippen molar-refractivity contribution in [3.05, 3.63) is 95.1 Å². The topological polar surface area (TPSA) is 76.1 Å². The molecule has 0 aromatic heterocycles. The van der Waals surface area contributed by atoms with Crippen LogP contribution in [-0.2, 0) is 23.1 Å². The fourth-order valence-electron chi connectivity index (χ4n) is 4.70. The van der Waals surface area contributed by atoms with E-state index in [9.17, 15) is 14.7 Å². The van der Waals surface area contributed by atoms with Crippen LogP contribution in [0.25, 0.3) is 0 Å². The number of fused-ring (bicyclic) bond motifs is 1. The second kappa shape index (κ2) is 10.7. The molecule has 0 saturated heterocycles. The van der Waals surface area contributed by atoms with Crippen LogP contribution in [0.1, 0.15) is 54.7 Å². The van der Waals surface area contributed by atoms with E-state index < -0.39 is 18.1 Å². The maximum absolute atomic E-state index is 13.3. The van der Waals surface area contributed by atoms with E-state index in [-0.39, 0.29) is 24.5 Å². The second-order valence-electron chi connectivity index (χ2n) is 11.0. The third-order valence-corrected chi connectivity index (χ3v) is 6.61. The third-order valence-electron chi connectivity index (χ3n) is 6.61. The normalized spacial score (nSPS) is 16.5. The average Bonchev–Trinajstić information content (AvgIpc) is 3.18. The number of carbonyl (C=O) groups excluding carboxylic acids is 1. The standard InChI is InChI=1S/C31H35NO5/c1-30(2,3)25-13-10-22(11-14-25)19-31(4)20-24-18-23(12-15-27(24)37-31)29(35)32(21-28(33)34)16-17-36-26-8-6-5-7-9-26/h5-15,18H,16-17,19-21H2,1-4H3,(H,33,34). The summed E-state index contributed by atoms with van der Waals surface area (Å²) in [6.45, 7) is 8.65. The first-order valence-corrected chi connectivity index (χ1v) is 12.6. The zero-order valence-electron chi connectivity index (χ0n) is 22.0. The molecular formula is C31H35NO5. The molecule has 1 N–H and O–H groups in total. The minimum Gasteiger partial charge on any atom is -0.492 e. The van der Waals surface area contributed by atoms with Gasteiger partial charge in [-0.15, -0.1) is 0 Å². The third kappa shape index (κ3) is 6.70. The van der Waals surface area contributed by atoms with Crippen LogP contribution in [0.4, 0.5) is 0 Å². The summed E-state index contributed by atoms with van der Waals surface area (Å²) < 4.78 is 12.0. The van der Waals surface area contributed by atoms with Crippen LogP contribution < -0.4 is 9.47 Å². The van der Waals surface area contributed by atoms with Crippen molar-refractivity contribution in [2.24, 2.45) is 0 Å². The largest absolute Gasteiger partial charge is 0.492 e. The highest BCUT2D eigenvalue weighted by Gasteiger charge is 2.35. The summed E-state index contributed by atoms with van der Waals surface area (Å²) in [4.78, 5) is 26.0. The molecule has 1 aliphatic heterocycles. The molecule has 3 aromatic rings. The lowest BCUT2D eigenvalue weighted by Gasteiger charge is -2.25. The van der Waals surface area contributed by atoms with Gasteiger partial charge in [-0.2, -0.15) is 0 Å². The average molecular weight is 502 g/mol. The molecular weight excluding hydrogens is 466 g/mol. The number of benzene rings is 3. The number of hydrogen-bond acceptors (Lipinski definition) is 4. The monoisotopic (exact) mass is 501 g/mol. The zero-order chi connectivity index (χ0) is 26.6. The van der Waals surface area contributed by atoms with Crippen molar-refractivity contribution >= 4 is 11.9 Å². The fourth-order valence-corrected chi connectivity index (χ4v) is 4.70. The lowest BCUT2D eigenvalue weighted by molar-refractivity contribution is -0.137. The maximum atomic E-state index is 13.3. The Hall–Kier alpha value is -3.80. The van der Waals surface area contributed by atoms with Gasteiger partial charge in [0.15, 0.2) is 0 Å². The number of para-hydroxylation sites is 1. The number of nitrogens with zero attached hydrogens (tertiary/aromatic N) is 1. The molecule has 6 nitrogen and oxygen atoms in total. The predicted octanol–water partition coefficient (Wildman–Crippen LogP) is 5.53. The lowest BCUT2D eigenvalue weighted by atomic mass is 9.85.